The van der Waals surface area contributed by atoms with E-state index >= 15 is 0 Å². The van der Waals surface area contributed by atoms with Crippen molar-refractivity contribution >= 4 is 11.8 Å². The minimum atomic E-state index is -0.615. The normalized spacial score (nSPS) is 13.7. The second kappa shape index (κ2) is 12.6. The van der Waals surface area contributed by atoms with Gasteiger partial charge in [0, 0.05) is 6.42 Å². The predicted octanol–water partition coefficient (Wildman–Crippen LogP) is 2.14. The van der Waals surface area contributed by atoms with Crippen LogP contribution in [0.3, 0.4) is 0 Å². The van der Waals surface area contributed by atoms with E-state index < -0.39 is 18.0 Å². The van der Waals surface area contributed by atoms with E-state index in [2.05, 4.69) is 17.2 Å². The van der Waals surface area contributed by atoms with Gasteiger partial charge in [0.1, 0.15) is 0 Å². The maximum atomic E-state index is 12.8. The number of aliphatic hydroxyl groups excluding tert-OH is 2. The third-order valence-corrected chi connectivity index (χ3v) is 4.87. The molecule has 0 unspecified atom stereocenters. The number of carbonyl (C=O) groups is 2. The summed E-state index contributed by atoms with van der Waals surface area (Å²) in [4.78, 5) is 25.3. The fraction of sp³-hybridized carbons (Fsp3) is 0.333. The van der Waals surface area contributed by atoms with Crippen LogP contribution in [0.5, 0.6) is 0 Å². The maximum Gasteiger partial charge on any atom is 0.224 e. The lowest BCUT2D eigenvalue weighted by Crippen LogP contribution is -2.42. The van der Waals surface area contributed by atoms with Crippen LogP contribution in [0.4, 0.5) is 0 Å². The molecule has 3 atom stereocenters. The summed E-state index contributed by atoms with van der Waals surface area (Å²) in [5.74, 6) is -1.25. The van der Waals surface area contributed by atoms with Crippen LogP contribution >= 0.6 is 0 Å². The molecule has 0 spiro atoms. The van der Waals surface area contributed by atoms with Crippen LogP contribution in [0, 0.1) is 5.92 Å². The van der Waals surface area contributed by atoms with E-state index in [0.29, 0.717) is 12.8 Å². The van der Waals surface area contributed by atoms with E-state index in [9.17, 15) is 19.8 Å². The Labute approximate surface area is 177 Å². The van der Waals surface area contributed by atoms with Gasteiger partial charge in [-0.25, -0.2) is 0 Å². The largest absolute Gasteiger partial charge is 0.394 e. The van der Waals surface area contributed by atoms with Crippen LogP contribution in [0.25, 0.3) is 0 Å². The van der Waals surface area contributed by atoms with Crippen molar-refractivity contribution in [2.24, 2.45) is 5.92 Å². The van der Waals surface area contributed by atoms with Crippen molar-refractivity contribution in [2.45, 2.75) is 31.3 Å². The maximum absolute atomic E-state index is 12.8. The number of hydrogen-bond donors (Lipinski definition) is 4. The highest BCUT2D eigenvalue weighted by atomic mass is 16.3. The van der Waals surface area contributed by atoms with Gasteiger partial charge in [0.25, 0.3) is 0 Å². The van der Waals surface area contributed by atoms with Gasteiger partial charge in [-0.1, -0.05) is 66.7 Å². The molecule has 0 radical (unpaired) electrons. The predicted molar refractivity (Wildman–Crippen MR) is 116 cm³/mol. The number of carbonyl (C=O) groups excluding carboxylic acids is 2. The Kier molecular flexibility index (Phi) is 9.77. The molecule has 0 saturated heterocycles. The van der Waals surface area contributed by atoms with Gasteiger partial charge in [0.15, 0.2) is 0 Å². The molecular formula is C24H30N2O4. The summed E-state index contributed by atoms with van der Waals surface area (Å²) in [6, 6.07) is 17.8. The van der Waals surface area contributed by atoms with Gasteiger partial charge in [-0.2, -0.15) is 0 Å². The molecule has 0 aliphatic rings. The molecular weight excluding hydrogens is 380 g/mol. The Bertz CT molecular complexity index is 795. The molecule has 0 aliphatic heterocycles. The van der Waals surface area contributed by atoms with Crippen LogP contribution in [0.2, 0.25) is 0 Å². The van der Waals surface area contributed by atoms with Crippen molar-refractivity contribution in [1.29, 1.82) is 0 Å². The number of nitrogens with one attached hydrogen (secondary N) is 2. The van der Waals surface area contributed by atoms with E-state index in [4.69, 9.17) is 0 Å². The van der Waals surface area contributed by atoms with Gasteiger partial charge in [-0.3, -0.25) is 9.59 Å². The Morgan fingerprint density at radius 1 is 0.933 bits per heavy atom. The molecule has 0 aromatic heterocycles. The molecule has 6 heteroatoms. The summed E-state index contributed by atoms with van der Waals surface area (Å²) >= 11 is 0. The fourth-order valence-corrected chi connectivity index (χ4v) is 3.26. The summed E-state index contributed by atoms with van der Waals surface area (Å²) in [7, 11) is 0. The lowest BCUT2D eigenvalue weighted by molar-refractivity contribution is -0.131. The minimum absolute atomic E-state index is 0.0317. The summed E-state index contributed by atoms with van der Waals surface area (Å²) in [6.45, 7) is 3.24. The molecule has 6 nitrogen and oxygen atoms in total. The highest BCUT2D eigenvalue weighted by molar-refractivity contribution is 5.86. The number of benzene rings is 2. The molecule has 2 aromatic carbocycles. The number of hydrogen-bond acceptors (Lipinski definition) is 4. The smallest absolute Gasteiger partial charge is 0.224 e. The first-order valence-electron chi connectivity index (χ1n) is 10.1. The highest BCUT2D eigenvalue weighted by Crippen LogP contribution is 2.16. The molecule has 0 aliphatic carbocycles. The third-order valence-electron chi connectivity index (χ3n) is 4.87. The summed E-state index contributed by atoms with van der Waals surface area (Å²) in [6.07, 6.45) is 2.40. The second-order valence-corrected chi connectivity index (χ2v) is 7.22. The quantitative estimate of drug-likeness (QED) is 0.403. The average molecular weight is 411 g/mol. The Balaban J connectivity index is 1.96. The monoisotopic (exact) mass is 410 g/mol. The third kappa shape index (κ3) is 7.46. The fourth-order valence-electron chi connectivity index (χ4n) is 3.26. The number of aliphatic hydroxyl groups is 2. The molecule has 2 aromatic rings. The molecule has 0 fully saturated rings. The second-order valence-electron chi connectivity index (χ2n) is 7.22. The van der Waals surface area contributed by atoms with Gasteiger partial charge in [-0.05, 0) is 24.0 Å². The van der Waals surface area contributed by atoms with Crippen molar-refractivity contribution < 1.29 is 19.8 Å². The van der Waals surface area contributed by atoms with Gasteiger partial charge in [-0.15, -0.1) is 6.58 Å². The molecule has 4 N–H and O–H groups in total. The first-order valence-corrected chi connectivity index (χ1v) is 10.1. The van der Waals surface area contributed by atoms with Gasteiger partial charge in [0.2, 0.25) is 11.8 Å². The van der Waals surface area contributed by atoms with Crippen LogP contribution < -0.4 is 10.6 Å². The van der Waals surface area contributed by atoms with Crippen molar-refractivity contribution in [2.75, 3.05) is 13.2 Å². The van der Waals surface area contributed by atoms with Crippen LogP contribution in [0.15, 0.2) is 73.3 Å². The standard InChI is InChI=1S/C24H30N2O4/c1-2-9-20(24(30)26-22(17-28)19-12-7-4-8-13-19)15-23(29)25-21(16-27)14-18-10-5-3-6-11-18/h2-8,10-13,20-22,27-28H,1,9,14-17H2,(H,25,29)(H,26,30)/t20-,21-,22+/m1/s1. The Hall–Kier alpha value is -2.96. The number of amides is 2. The molecule has 2 amide bonds. The molecule has 0 bridgehead atoms. The molecule has 30 heavy (non-hydrogen) atoms. The average Bonchev–Trinajstić information content (AvgIpc) is 2.77. The zero-order chi connectivity index (χ0) is 21.8. The summed E-state index contributed by atoms with van der Waals surface area (Å²) in [5, 5.41) is 24.9. The van der Waals surface area contributed by atoms with Crippen molar-refractivity contribution in [1.82, 2.24) is 10.6 Å². The topological polar surface area (TPSA) is 98.7 Å². The van der Waals surface area contributed by atoms with Crippen molar-refractivity contribution in [3.05, 3.63) is 84.4 Å². The zero-order valence-corrected chi connectivity index (χ0v) is 17.0. The van der Waals surface area contributed by atoms with E-state index in [1.165, 1.54) is 0 Å². The van der Waals surface area contributed by atoms with Gasteiger partial charge >= 0.3 is 0 Å². The lowest BCUT2D eigenvalue weighted by atomic mass is 9.98. The van der Waals surface area contributed by atoms with Crippen molar-refractivity contribution in [3.8, 4) is 0 Å². The Morgan fingerprint density at radius 2 is 1.57 bits per heavy atom. The molecule has 160 valence electrons. The number of allylic oxidation sites excluding steroid dienone is 1. The number of rotatable bonds is 12. The minimum Gasteiger partial charge on any atom is -0.394 e. The van der Waals surface area contributed by atoms with E-state index in [0.717, 1.165) is 11.1 Å². The van der Waals surface area contributed by atoms with Crippen LogP contribution in [-0.2, 0) is 16.0 Å². The van der Waals surface area contributed by atoms with Crippen molar-refractivity contribution in [3.63, 3.8) is 0 Å². The van der Waals surface area contributed by atoms with Crippen LogP contribution in [0.1, 0.15) is 30.0 Å². The molecule has 0 heterocycles. The Morgan fingerprint density at radius 3 is 2.13 bits per heavy atom. The summed E-state index contributed by atoms with van der Waals surface area (Å²) in [5.41, 5.74) is 1.80. The SMILES string of the molecule is C=CC[C@H](CC(=O)N[C@@H](CO)Cc1ccccc1)C(=O)N[C@@H](CO)c1ccccc1. The van der Waals surface area contributed by atoms with E-state index in [-0.39, 0.29) is 31.4 Å². The van der Waals surface area contributed by atoms with Gasteiger partial charge in [0.05, 0.1) is 31.2 Å². The zero-order valence-electron chi connectivity index (χ0n) is 17.0. The molecule has 0 saturated carbocycles. The van der Waals surface area contributed by atoms with Crippen LogP contribution in [-0.4, -0.2) is 41.3 Å². The molecule has 2 rings (SSSR count). The first kappa shape index (κ1) is 23.3. The highest BCUT2D eigenvalue weighted by Gasteiger charge is 2.24. The van der Waals surface area contributed by atoms with Gasteiger partial charge < -0.3 is 20.8 Å². The first-order chi connectivity index (χ1) is 14.6. The summed E-state index contributed by atoms with van der Waals surface area (Å²) < 4.78 is 0. The van der Waals surface area contributed by atoms with E-state index in [1.807, 2.05) is 60.7 Å². The van der Waals surface area contributed by atoms with E-state index in [1.54, 1.807) is 6.08 Å². The lowest BCUT2D eigenvalue weighted by Gasteiger charge is -2.22.